The van der Waals surface area contributed by atoms with Crippen LogP contribution in [0.3, 0.4) is 0 Å². The molecule has 1 unspecified atom stereocenters. The van der Waals surface area contributed by atoms with E-state index in [-0.39, 0.29) is 12.6 Å². The average Bonchev–Trinajstić information content (AvgIpc) is 2.62. The van der Waals surface area contributed by atoms with Gasteiger partial charge in [-0.05, 0) is 13.3 Å². The first-order valence-electron chi connectivity index (χ1n) is 6.22. The number of nitrogens with zero attached hydrogens (tertiary/aromatic N) is 3. The maximum atomic E-state index is 10.9. The number of aryl methyl sites for hydroxylation is 1. The lowest BCUT2D eigenvalue weighted by molar-refractivity contribution is -0.713. The summed E-state index contributed by atoms with van der Waals surface area (Å²) in [6.07, 6.45) is 4.69. The van der Waals surface area contributed by atoms with Crippen LogP contribution < -0.4 is 4.57 Å². The summed E-state index contributed by atoms with van der Waals surface area (Å²) in [7, 11) is 0. The van der Waals surface area contributed by atoms with Crippen molar-refractivity contribution in [2.75, 3.05) is 0 Å². The van der Waals surface area contributed by atoms with Crippen LogP contribution in [0.1, 0.15) is 44.2 Å². The molecule has 5 nitrogen and oxygen atoms in total. The summed E-state index contributed by atoms with van der Waals surface area (Å²) in [4.78, 5) is 10.9. The molecular formula is C13H20N3O2+. The number of hydrogen-bond donors (Lipinski definition) is 1. The Morgan fingerprint density at radius 3 is 2.83 bits per heavy atom. The van der Waals surface area contributed by atoms with E-state index in [2.05, 4.69) is 13.0 Å². The van der Waals surface area contributed by atoms with E-state index in [1.54, 1.807) is 4.57 Å². The number of hydrogen-bond acceptors (Lipinski definition) is 2. The lowest BCUT2D eigenvalue weighted by Gasteiger charge is -2.05. The van der Waals surface area contributed by atoms with Gasteiger partial charge >= 0.3 is 5.97 Å². The quantitative estimate of drug-likeness (QED) is 0.779. The second kappa shape index (κ2) is 6.20. The molecule has 0 fully saturated rings. The van der Waals surface area contributed by atoms with E-state index < -0.39 is 5.97 Å². The van der Waals surface area contributed by atoms with Crippen LogP contribution in [0.2, 0.25) is 0 Å². The largest absolute Gasteiger partial charge is 0.478 e. The van der Waals surface area contributed by atoms with Gasteiger partial charge in [-0.3, -0.25) is 0 Å². The number of carboxylic acid groups (broad SMARTS) is 1. The molecule has 0 aliphatic carbocycles. The van der Waals surface area contributed by atoms with Crippen molar-refractivity contribution in [1.29, 1.82) is 5.26 Å². The summed E-state index contributed by atoms with van der Waals surface area (Å²) in [6.45, 7) is 5.74. The van der Waals surface area contributed by atoms with Crippen LogP contribution in [-0.4, -0.2) is 15.6 Å². The highest BCUT2D eigenvalue weighted by Crippen LogP contribution is 2.09. The van der Waals surface area contributed by atoms with Crippen LogP contribution in [0.5, 0.6) is 0 Å². The maximum absolute atomic E-state index is 10.9. The fourth-order valence-electron chi connectivity index (χ4n) is 2.04. The van der Waals surface area contributed by atoms with Crippen LogP contribution in [0.15, 0.2) is 6.20 Å². The van der Waals surface area contributed by atoms with Gasteiger partial charge in [-0.1, -0.05) is 13.3 Å². The molecule has 0 amide bonds. The number of rotatable bonds is 6. The molecule has 0 saturated heterocycles. The lowest BCUT2D eigenvalue weighted by Crippen LogP contribution is -2.40. The molecule has 98 valence electrons. The van der Waals surface area contributed by atoms with Crippen molar-refractivity contribution in [2.45, 2.75) is 52.6 Å². The lowest BCUT2D eigenvalue weighted by atomic mass is 10.2. The Balaban J connectivity index is 3.18. The van der Waals surface area contributed by atoms with Crippen molar-refractivity contribution >= 4 is 5.97 Å². The van der Waals surface area contributed by atoms with E-state index in [0.717, 1.165) is 30.8 Å². The molecule has 1 heterocycles. The molecule has 1 aromatic heterocycles. The number of nitriles is 1. The predicted molar refractivity (Wildman–Crippen MR) is 65.9 cm³/mol. The molecule has 18 heavy (non-hydrogen) atoms. The van der Waals surface area contributed by atoms with Gasteiger partial charge in [0.05, 0.1) is 0 Å². The van der Waals surface area contributed by atoms with Crippen molar-refractivity contribution in [3.8, 4) is 6.07 Å². The topological polar surface area (TPSA) is 69.9 Å². The third kappa shape index (κ3) is 3.10. The van der Waals surface area contributed by atoms with Gasteiger partial charge in [-0.25, -0.2) is 13.9 Å². The number of imidazole rings is 1. The van der Waals surface area contributed by atoms with Gasteiger partial charge in [0.15, 0.2) is 12.6 Å². The molecule has 5 heteroatoms. The molecule has 0 saturated carbocycles. The van der Waals surface area contributed by atoms with Crippen molar-refractivity contribution in [3.63, 3.8) is 0 Å². The normalized spacial score (nSPS) is 12.1. The van der Waals surface area contributed by atoms with Crippen molar-refractivity contribution in [2.24, 2.45) is 0 Å². The Bertz CT molecular complexity index is 471. The third-order valence-electron chi connectivity index (χ3n) is 3.01. The standard InChI is InChI=1S/C13H19N3O2/c1-4-5-6-12-15(10(2)7-14)8-11(3)16(12)9-13(17)18/h8,10H,4-6,9H2,1-3H3/p+1. The van der Waals surface area contributed by atoms with E-state index in [1.165, 1.54) is 0 Å². The Morgan fingerprint density at radius 2 is 2.33 bits per heavy atom. The highest BCUT2D eigenvalue weighted by molar-refractivity contribution is 5.66. The summed E-state index contributed by atoms with van der Waals surface area (Å²) in [5.41, 5.74) is 0.880. The summed E-state index contributed by atoms with van der Waals surface area (Å²) in [5, 5.41) is 18.0. The predicted octanol–water partition coefficient (Wildman–Crippen LogP) is 1.60. The van der Waals surface area contributed by atoms with E-state index in [9.17, 15) is 4.79 Å². The van der Waals surface area contributed by atoms with E-state index in [0.29, 0.717) is 0 Å². The van der Waals surface area contributed by atoms with Gasteiger partial charge in [0.1, 0.15) is 18.0 Å². The SMILES string of the molecule is CCCCc1n(CC(=O)O)c(C)c[n+]1C(C)C#N. The number of carboxylic acids is 1. The van der Waals surface area contributed by atoms with Crippen LogP contribution in [0, 0.1) is 18.3 Å². The number of aromatic nitrogens is 2. The van der Waals surface area contributed by atoms with Crippen LogP contribution in [0.4, 0.5) is 0 Å². The summed E-state index contributed by atoms with van der Waals surface area (Å²) in [6, 6.07) is 1.92. The fraction of sp³-hybridized carbons (Fsp3) is 0.615. The third-order valence-corrected chi connectivity index (χ3v) is 3.01. The first-order chi connectivity index (χ1) is 8.51. The van der Waals surface area contributed by atoms with Gasteiger partial charge in [0.2, 0.25) is 0 Å². The summed E-state index contributed by atoms with van der Waals surface area (Å²) >= 11 is 0. The van der Waals surface area contributed by atoms with Crippen LogP contribution >= 0.6 is 0 Å². The average molecular weight is 250 g/mol. The van der Waals surface area contributed by atoms with Gasteiger partial charge < -0.3 is 5.11 Å². The number of unbranched alkanes of at least 4 members (excludes halogenated alkanes) is 1. The zero-order chi connectivity index (χ0) is 13.7. The first-order valence-corrected chi connectivity index (χ1v) is 6.22. The minimum atomic E-state index is -0.858. The van der Waals surface area contributed by atoms with Crippen molar-refractivity contribution in [1.82, 2.24) is 4.57 Å². The Labute approximate surface area is 107 Å². The van der Waals surface area contributed by atoms with Crippen LogP contribution in [-0.2, 0) is 17.8 Å². The van der Waals surface area contributed by atoms with Gasteiger partial charge in [0.25, 0.3) is 5.82 Å². The van der Waals surface area contributed by atoms with E-state index in [1.807, 2.05) is 24.6 Å². The van der Waals surface area contributed by atoms with E-state index in [4.69, 9.17) is 10.4 Å². The molecule has 1 atom stereocenters. The second-order valence-corrected chi connectivity index (χ2v) is 4.48. The highest BCUT2D eigenvalue weighted by atomic mass is 16.4. The first kappa shape index (κ1) is 14.2. The summed E-state index contributed by atoms with van der Waals surface area (Å²) < 4.78 is 3.67. The molecule has 0 aliphatic heterocycles. The Hall–Kier alpha value is -1.83. The van der Waals surface area contributed by atoms with Crippen LogP contribution in [0.25, 0.3) is 0 Å². The molecule has 0 aliphatic rings. The molecule has 0 aromatic carbocycles. The molecule has 1 N–H and O–H groups in total. The number of aliphatic carboxylic acids is 1. The Kier molecular flexibility index (Phi) is 4.90. The molecule has 0 bridgehead atoms. The second-order valence-electron chi connectivity index (χ2n) is 4.48. The fourth-order valence-corrected chi connectivity index (χ4v) is 2.04. The highest BCUT2D eigenvalue weighted by Gasteiger charge is 2.25. The van der Waals surface area contributed by atoms with Gasteiger partial charge in [-0.15, -0.1) is 0 Å². The minimum Gasteiger partial charge on any atom is -0.478 e. The maximum Gasteiger partial charge on any atom is 0.346 e. The van der Waals surface area contributed by atoms with E-state index >= 15 is 0 Å². The monoisotopic (exact) mass is 250 g/mol. The molecular weight excluding hydrogens is 230 g/mol. The smallest absolute Gasteiger partial charge is 0.346 e. The number of carbonyl (C=O) groups is 1. The Morgan fingerprint density at radius 1 is 1.67 bits per heavy atom. The molecule has 1 rings (SSSR count). The molecule has 0 spiro atoms. The van der Waals surface area contributed by atoms with Crippen molar-refractivity contribution in [3.05, 3.63) is 17.7 Å². The zero-order valence-corrected chi connectivity index (χ0v) is 11.2. The van der Waals surface area contributed by atoms with Gasteiger partial charge in [-0.2, -0.15) is 5.26 Å². The summed E-state index contributed by atoms with van der Waals surface area (Å²) in [5.74, 6) is 0.0639. The van der Waals surface area contributed by atoms with Gasteiger partial charge in [0, 0.05) is 13.3 Å². The molecule has 1 aromatic rings. The minimum absolute atomic E-state index is 0.0456. The van der Waals surface area contributed by atoms with Crippen molar-refractivity contribution < 1.29 is 14.5 Å². The molecule has 0 radical (unpaired) electrons. The zero-order valence-electron chi connectivity index (χ0n) is 11.2.